The first-order chi connectivity index (χ1) is 6.43. The summed E-state index contributed by atoms with van der Waals surface area (Å²) in [6.07, 6.45) is 3.10. The second-order valence-corrected chi connectivity index (χ2v) is 5.19. The fourth-order valence-corrected chi connectivity index (χ4v) is 1.72. The maximum atomic E-state index is 9.65. The van der Waals surface area contributed by atoms with Crippen molar-refractivity contribution in [3.05, 3.63) is 0 Å². The van der Waals surface area contributed by atoms with Gasteiger partial charge >= 0.3 is 0 Å². The number of aliphatic hydroxyl groups is 1. The molecule has 14 heavy (non-hydrogen) atoms. The lowest BCUT2D eigenvalue weighted by Crippen LogP contribution is -2.50. The molecule has 0 radical (unpaired) electrons. The van der Waals surface area contributed by atoms with E-state index in [4.69, 9.17) is 0 Å². The SMILES string of the molecule is CN(C)C(C)(C)CN[C@H]1CCC[C@H]1O. The van der Waals surface area contributed by atoms with Crippen molar-refractivity contribution < 1.29 is 5.11 Å². The van der Waals surface area contributed by atoms with E-state index in [1.54, 1.807) is 0 Å². The molecule has 0 aromatic carbocycles. The Bertz CT molecular complexity index is 180. The Balaban J connectivity index is 2.32. The molecule has 1 saturated carbocycles. The molecule has 1 fully saturated rings. The zero-order valence-corrected chi connectivity index (χ0v) is 9.88. The quantitative estimate of drug-likeness (QED) is 0.705. The summed E-state index contributed by atoms with van der Waals surface area (Å²) in [4.78, 5) is 2.21. The Hall–Kier alpha value is -0.120. The van der Waals surface area contributed by atoms with E-state index in [0.29, 0.717) is 6.04 Å². The molecule has 3 nitrogen and oxygen atoms in total. The highest BCUT2D eigenvalue weighted by Gasteiger charge is 2.27. The minimum Gasteiger partial charge on any atom is -0.392 e. The molecule has 0 amide bonds. The van der Waals surface area contributed by atoms with Crippen LogP contribution in [-0.4, -0.2) is 48.3 Å². The topological polar surface area (TPSA) is 35.5 Å². The Morgan fingerprint density at radius 2 is 2.00 bits per heavy atom. The van der Waals surface area contributed by atoms with Gasteiger partial charge in [-0.1, -0.05) is 0 Å². The molecular formula is C11H24N2O. The summed E-state index contributed by atoms with van der Waals surface area (Å²) in [6, 6.07) is 0.314. The Morgan fingerprint density at radius 1 is 1.36 bits per heavy atom. The third-order valence-corrected chi connectivity index (χ3v) is 3.49. The van der Waals surface area contributed by atoms with Gasteiger partial charge in [-0.2, -0.15) is 0 Å². The second kappa shape index (κ2) is 4.60. The Morgan fingerprint density at radius 3 is 2.43 bits per heavy atom. The molecule has 0 spiro atoms. The predicted octanol–water partition coefficient (Wildman–Crippen LogP) is 0.830. The van der Waals surface area contributed by atoms with Crippen LogP contribution < -0.4 is 5.32 Å². The summed E-state index contributed by atoms with van der Waals surface area (Å²) in [5.74, 6) is 0. The van der Waals surface area contributed by atoms with Crippen LogP contribution in [0.2, 0.25) is 0 Å². The van der Waals surface area contributed by atoms with Crippen molar-refractivity contribution in [2.75, 3.05) is 20.6 Å². The van der Waals surface area contributed by atoms with Gasteiger partial charge in [0, 0.05) is 18.1 Å². The first kappa shape index (κ1) is 12.0. The number of nitrogens with zero attached hydrogens (tertiary/aromatic N) is 1. The zero-order chi connectivity index (χ0) is 10.8. The smallest absolute Gasteiger partial charge is 0.0693 e. The van der Waals surface area contributed by atoms with Crippen LogP contribution in [0.15, 0.2) is 0 Å². The first-order valence-corrected chi connectivity index (χ1v) is 5.52. The van der Waals surface area contributed by atoms with E-state index >= 15 is 0 Å². The number of nitrogens with one attached hydrogen (secondary N) is 1. The van der Waals surface area contributed by atoms with Crippen LogP contribution >= 0.6 is 0 Å². The van der Waals surface area contributed by atoms with Crippen molar-refractivity contribution in [1.29, 1.82) is 0 Å². The molecule has 2 N–H and O–H groups in total. The van der Waals surface area contributed by atoms with Gasteiger partial charge in [0.1, 0.15) is 0 Å². The molecule has 0 bridgehead atoms. The Labute approximate surface area is 87.5 Å². The third kappa shape index (κ3) is 2.94. The molecule has 3 heteroatoms. The van der Waals surface area contributed by atoms with Gasteiger partial charge in [-0.05, 0) is 47.2 Å². The summed E-state index contributed by atoms with van der Waals surface area (Å²) in [6.45, 7) is 5.35. The maximum absolute atomic E-state index is 9.65. The van der Waals surface area contributed by atoms with E-state index in [9.17, 15) is 5.11 Å². The summed E-state index contributed by atoms with van der Waals surface area (Å²) >= 11 is 0. The van der Waals surface area contributed by atoms with Crippen molar-refractivity contribution in [2.24, 2.45) is 0 Å². The summed E-state index contributed by atoms with van der Waals surface area (Å²) in [5.41, 5.74) is 0.155. The van der Waals surface area contributed by atoms with E-state index in [0.717, 1.165) is 25.8 Å². The van der Waals surface area contributed by atoms with Gasteiger partial charge < -0.3 is 15.3 Å². The van der Waals surface area contributed by atoms with Crippen LogP contribution in [-0.2, 0) is 0 Å². The highest BCUT2D eigenvalue weighted by Crippen LogP contribution is 2.19. The molecule has 84 valence electrons. The standard InChI is InChI=1S/C11H24N2O/c1-11(2,13(3)4)8-12-9-6-5-7-10(9)14/h9-10,12,14H,5-8H2,1-4H3/t9-,10+/m0/s1. The lowest BCUT2D eigenvalue weighted by molar-refractivity contribution is 0.129. The average molecular weight is 200 g/mol. The molecule has 0 aromatic rings. The summed E-state index contributed by atoms with van der Waals surface area (Å²) < 4.78 is 0. The predicted molar refractivity (Wildman–Crippen MR) is 59.4 cm³/mol. The lowest BCUT2D eigenvalue weighted by Gasteiger charge is -2.34. The number of hydrogen-bond acceptors (Lipinski definition) is 3. The normalized spacial score (nSPS) is 28.7. The van der Waals surface area contributed by atoms with Gasteiger partial charge in [0.25, 0.3) is 0 Å². The largest absolute Gasteiger partial charge is 0.392 e. The van der Waals surface area contributed by atoms with Crippen LogP contribution in [0.5, 0.6) is 0 Å². The minimum atomic E-state index is -0.132. The highest BCUT2D eigenvalue weighted by atomic mass is 16.3. The minimum absolute atomic E-state index is 0.132. The van der Waals surface area contributed by atoms with Crippen molar-refractivity contribution >= 4 is 0 Å². The molecular weight excluding hydrogens is 176 g/mol. The van der Waals surface area contributed by atoms with Gasteiger partial charge in [0.15, 0.2) is 0 Å². The molecule has 0 heterocycles. The fraction of sp³-hybridized carbons (Fsp3) is 1.00. The Kier molecular flexibility index (Phi) is 3.93. The van der Waals surface area contributed by atoms with E-state index in [-0.39, 0.29) is 11.6 Å². The summed E-state index contributed by atoms with van der Waals surface area (Å²) in [5, 5.41) is 13.1. The fourth-order valence-electron chi connectivity index (χ4n) is 1.72. The van der Waals surface area contributed by atoms with Gasteiger partial charge in [0.05, 0.1) is 6.10 Å². The van der Waals surface area contributed by atoms with Gasteiger partial charge in [-0.15, -0.1) is 0 Å². The summed E-state index contributed by atoms with van der Waals surface area (Å²) in [7, 11) is 4.18. The number of hydrogen-bond donors (Lipinski definition) is 2. The second-order valence-electron chi connectivity index (χ2n) is 5.19. The van der Waals surface area contributed by atoms with Crippen molar-refractivity contribution in [3.8, 4) is 0 Å². The van der Waals surface area contributed by atoms with Crippen LogP contribution in [0.3, 0.4) is 0 Å². The zero-order valence-electron chi connectivity index (χ0n) is 9.88. The molecule has 2 atom stereocenters. The molecule has 0 aromatic heterocycles. The van der Waals surface area contributed by atoms with Crippen LogP contribution in [0, 0.1) is 0 Å². The van der Waals surface area contributed by atoms with Crippen molar-refractivity contribution in [1.82, 2.24) is 10.2 Å². The van der Waals surface area contributed by atoms with E-state index in [2.05, 4.69) is 38.2 Å². The van der Waals surface area contributed by atoms with Gasteiger partial charge in [0.2, 0.25) is 0 Å². The third-order valence-electron chi connectivity index (χ3n) is 3.49. The van der Waals surface area contributed by atoms with Crippen LogP contribution in [0.1, 0.15) is 33.1 Å². The molecule has 0 saturated heterocycles. The van der Waals surface area contributed by atoms with E-state index < -0.39 is 0 Å². The first-order valence-electron chi connectivity index (χ1n) is 5.52. The number of rotatable bonds is 4. The average Bonchev–Trinajstić information content (AvgIpc) is 2.47. The maximum Gasteiger partial charge on any atom is 0.0693 e. The van der Waals surface area contributed by atoms with Gasteiger partial charge in [-0.3, -0.25) is 0 Å². The molecule has 0 unspecified atom stereocenters. The van der Waals surface area contributed by atoms with Crippen molar-refractivity contribution in [3.63, 3.8) is 0 Å². The lowest BCUT2D eigenvalue weighted by atomic mass is 10.0. The van der Waals surface area contributed by atoms with Crippen LogP contribution in [0.4, 0.5) is 0 Å². The molecule has 1 aliphatic rings. The van der Waals surface area contributed by atoms with Crippen molar-refractivity contribution in [2.45, 2.75) is 50.8 Å². The van der Waals surface area contributed by atoms with E-state index in [1.807, 2.05) is 0 Å². The molecule has 0 aliphatic heterocycles. The van der Waals surface area contributed by atoms with Gasteiger partial charge in [-0.25, -0.2) is 0 Å². The highest BCUT2D eigenvalue weighted by molar-refractivity contribution is 4.87. The molecule has 1 aliphatic carbocycles. The number of aliphatic hydroxyl groups excluding tert-OH is 1. The number of likely N-dealkylation sites (N-methyl/N-ethyl adjacent to an activating group) is 1. The monoisotopic (exact) mass is 200 g/mol. The molecule has 1 rings (SSSR count). The van der Waals surface area contributed by atoms with Crippen LogP contribution in [0.25, 0.3) is 0 Å². The van der Waals surface area contributed by atoms with E-state index in [1.165, 1.54) is 0 Å².